The lowest BCUT2D eigenvalue weighted by Crippen LogP contribution is -2.19. The molecule has 1 aromatic carbocycles. The maximum Gasteiger partial charge on any atom is 0.453 e. The van der Waals surface area contributed by atoms with Crippen molar-refractivity contribution in [3.05, 3.63) is 46.8 Å². The van der Waals surface area contributed by atoms with E-state index in [1.165, 1.54) is 25.1 Å². The van der Waals surface area contributed by atoms with Gasteiger partial charge < -0.3 is 0 Å². The van der Waals surface area contributed by atoms with Crippen molar-refractivity contribution in [2.45, 2.75) is 25.7 Å². The average Bonchev–Trinajstić information content (AvgIpc) is 3.21. The minimum absolute atomic E-state index is 0.114. The van der Waals surface area contributed by atoms with Crippen molar-refractivity contribution in [2.24, 2.45) is 0 Å². The van der Waals surface area contributed by atoms with Gasteiger partial charge in [-0.25, -0.2) is 14.4 Å². The molecule has 1 aliphatic rings. The maximum atomic E-state index is 13.7. The van der Waals surface area contributed by atoms with Crippen LogP contribution in [0.15, 0.2) is 24.3 Å². The zero-order valence-corrected chi connectivity index (χ0v) is 14.9. The highest BCUT2D eigenvalue weighted by molar-refractivity contribution is 6.04. The summed E-state index contributed by atoms with van der Waals surface area (Å²) in [6.45, 7) is 1.20. The SMILES string of the molecule is Cc1cc(C(F)(F)F)c(-c2ccc3c(c2)CC(=O)N3C#N)n2nc(C(F)(F)F)nc12. The molecule has 0 unspecified atom stereocenters. The van der Waals surface area contributed by atoms with Crippen LogP contribution in [-0.2, 0) is 23.6 Å². The molecule has 0 saturated heterocycles. The molecular formula is C18H9F6N5O. The number of carbonyl (C=O) groups is 1. The van der Waals surface area contributed by atoms with Crippen LogP contribution in [0, 0.1) is 18.4 Å². The number of amides is 1. The van der Waals surface area contributed by atoms with Gasteiger partial charge in [-0.15, -0.1) is 5.10 Å². The number of benzene rings is 1. The lowest BCUT2D eigenvalue weighted by molar-refractivity contribution is -0.144. The number of nitrogens with zero attached hydrogens (tertiary/aromatic N) is 5. The van der Waals surface area contributed by atoms with Crippen molar-refractivity contribution in [3.8, 4) is 17.5 Å². The number of hydrogen-bond acceptors (Lipinski definition) is 4. The van der Waals surface area contributed by atoms with Gasteiger partial charge in [0, 0.05) is 5.56 Å². The molecule has 4 rings (SSSR count). The third-order valence-corrected chi connectivity index (χ3v) is 4.63. The van der Waals surface area contributed by atoms with Crippen LogP contribution >= 0.6 is 0 Å². The number of alkyl halides is 6. The minimum atomic E-state index is -4.95. The molecule has 0 fully saturated rings. The maximum absolute atomic E-state index is 13.7. The summed E-state index contributed by atoms with van der Waals surface area (Å²) in [6, 6.07) is 4.40. The second-order valence-electron chi connectivity index (χ2n) is 6.61. The van der Waals surface area contributed by atoms with Crippen molar-refractivity contribution < 1.29 is 31.1 Å². The quantitative estimate of drug-likeness (QED) is 0.435. The lowest BCUT2D eigenvalue weighted by Gasteiger charge is -2.16. The number of fused-ring (bicyclic) bond motifs is 2. The molecule has 0 atom stereocenters. The Hall–Kier alpha value is -3.62. The van der Waals surface area contributed by atoms with Gasteiger partial charge in [-0.1, -0.05) is 6.07 Å². The average molecular weight is 425 g/mol. The highest BCUT2D eigenvalue weighted by Crippen LogP contribution is 2.41. The first-order valence-electron chi connectivity index (χ1n) is 8.32. The Kier molecular flexibility index (Phi) is 4.06. The number of pyridine rings is 1. The van der Waals surface area contributed by atoms with E-state index in [0.29, 0.717) is 10.6 Å². The van der Waals surface area contributed by atoms with Crippen LogP contribution in [-0.4, -0.2) is 20.5 Å². The minimum Gasteiger partial charge on any atom is -0.273 e. The molecule has 12 heteroatoms. The molecule has 30 heavy (non-hydrogen) atoms. The summed E-state index contributed by atoms with van der Waals surface area (Å²) >= 11 is 0. The van der Waals surface area contributed by atoms with Crippen LogP contribution in [0.1, 0.15) is 22.5 Å². The number of hydrogen-bond donors (Lipinski definition) is 0. The van der Waals surface area contributed by atoms with Gasteiger partial charge >= 0.3 is 12.4 Å². The van der Waals surface area contributed by atoms with E-state index in [1.54, 1.807) is 6.19 Å². The molecular weight excluding hydrogens is 416 g/mol. The fraction of sp³-hybridized carbons (Fsp3) is 0.222. The van der Waals surface area contributed by atoms with Gasteiger partial charge in [0.2, 0.25) is 5.91 Å². The first kappa shape index (κ1) is 19.7. The Bertz CT molecular complexity index is 1250. The van der Waals surface area contributed by atoms with Gasteiger partial charge in [0.1, 0.15) is 0 Å². The van der Waals surface area contributed by atoms with E-state index < -0.39 is 35.3 Å². The Balaban J connectivity index is 2.04. The van der Waals surface area contributed by atoms with E-state index in [9.17, 15) is 31.1 Å². The number of carbonyl (C=O) groups excluding carboxylic acids is 1. The molecule has 1 amide bonds. The first-order chi connectivity index (χ1) is 13.9. The fourth-order valence-electron chi connectivity index (χ4n) is 3.38. The topological polar surface area (TPSA) is 74.3 Å². The largest absolute Gasteiger partial charge is 0.453 e. The molecule has 1 aliphatic heterocycles. The monoisotopic (exact) mass is 425 g/mol. The molecule has 0 saturated carbocycles. The van der Waals surface area contributed by atoms with Crippen LogP contribution < -0.4 is 4.90 Å². The van der Waals surface area contributed by atoms with Crippen molar-refractivity contribution in [3.63, 3.8) is 0 Å². The van der Waals surface area contributed by atoms with E-state index in [2.05, 4.69) is 10.1 Å². The van der Waals surface area contributed by atoms with Gasteiger partial charge in [0.25, 0.3) is 5.82 Å². The summed E-state index contributed by atoms with van der Waals surface area (Å²) in [7, 11) is 0. The summed E-state index contributed by atoms with van der Waals surface area (Å²) < 4.78 is 81.0. The van der Waals surface area contributed by atoms with Crippen molar-refractivity contribution in [2.75, 3.05) is 4.90 Å². The molecule has 2 aromatic heterocycles. The molecule has 3 aromatic rings. The van der Waals surface area contributed by atoms with Crippen LogP contribution in [0.4, 0.5) is 32.0 Å². The zero-order chi connectivity index (χ0) is 22.0. The van der Waals surface area contributed by atoms with Crippen LogP contribution in [0.2, 0.25) is 0 Å². The van der Waals surface area contributed by atoms with Crippen molar-refractivity contribution >= 4 is 17.2 Å². The van der Waals surface area contributed by atoms with Crippen LogP contribution in [0.5, 0.6) is 0 Å². The van der Waals surface area contributed by atoms with Gasteiger partial charge in [0.05, 0.1) is 23.4 Å². The third kappa shape index (κ3) is 2.94. The predicted octanol–water partition coefficient (Wildman–Crippen LogP) is 4.11. The van der Waals surface area contributed by atoms with Gasteiger partial charge in [-0.2, -0.15) is 31.6 Å². The van der Waals surface area contributed by atoms with Gasteiger partial charge in [-0.05, 0) is 36.2 Å². The molecule has 3 heterocycles. The zero-order valence-electron chi connectivity index (χ0n) is 14.9. The molecule has 0 radical (unpaired) electrons. The fourth-order valence-corrected chi connectivity index (χ4v) is 3.38. The smallest absolute Gasteiger partial charge is 0.273 e. The molecule has 0 N–H and O–H groups in total. The summed E-state index contributed by atoms with van der Waals surface area (Å²) in [5.74, 6) is -2.13. The standard InChI is InChI=1S/C18H9F6N5O/c1-8-4-11(17(19,20)21)14(29-15(8)26-16(27-29)18(22,23)24)9-2-3-12-10(5-9)6-13(30)28(12)7-25/h2-5H,6H2,1H3. The summed E-state index contributed by atoms with van der Waals surface area (Å²) in [4.78, 5) is 16.0. The van der Waals surface area contributed by atoms with E-state index >= 15 is 0 Å². The third-order valence-electron chi connectivity index (χ3n) is 4.63. The van der Waals surface area contributed by atoms with Gasteiger partial charge in [-0.3, -0.25) is 4.79 Å². The predicted molar refractivity (Wildman–Crippen MR) is 90.0 cm³/mol. The Morgan fingerprint density at radius 3 is 2.40 bits per heavy atom. The lowest BCUT2D eigenvalue weighted by atomic mass is 10.0. The van der Waals surface area contributed by atoms with Crippen LogP contribution in [0.25, 0.3) is 16.9 Å². The van der Waals surface area contributed by atoms with Crippen LogP contribution in [0.3, 0.4) is 0 Å². The van der Waals surface area contributed by atoms with Crippen molar-refractivity contribution in [1.82, 2.24) is 14.6 Å². The Labute approximate surface area is 164 Å². The number of aromatic nitrogens is 3. The van der Waals surface area contributed by atoms with E-state index in [1.807, 2.05) is 0 Å². The number of nitriles is 1. The Morgan fingerprint density at radius 2 is 1.80 bits per heavy atom. The number of anilines is 1. The number of aryl methyl sites for hydroxylation is 1. The molecule has 0 bridgehead atoms. The summed E-state index contributed by atoms with van der Waals surface area (Å²) in [6.07, 6.45) is -8.40. The second kappa shape index (κ2) is 6.19. The highest BCUT2D eigenvalue weighted by atomic mass is 19.4. The van der Waals surface area contributed by atoms with Gasteiger partial charge in [0.15, 0.2) is 11.8 Å². The first-order valence-corrected chi connectivity index (χ1v) is 8.32. The van der Waals surface area contributed by atoms with E-state index in [0.717, 1.165) is 4.90 Å². The molecule has 154 valence electrons. The van der Waals surface area contributed by atoms with Crippen molar-refractivity contribution in [1.29, 1.82) is 5.26 Å². The van der Waals surface area contributed by atoms with E-state index in [4.69, 9.17) is 5.26 Å². The Morgan fingerprint density at radius 1 is 1.10 bits per heavy atom. The molecule has 6 nitrogen and oxygen atoms in total. The summed E-state index contributed by atoms with van der Waals surface area (Å²) in [5.41, 5.74) is -1.99. The highest BCUT2D eigenvalue weighted by Gasteiger charge is 2.40. The second-order valence-corrected chi connectivity index (χ2v) is 6.61. The molecule has 0 spiro atoms. The number of halogens is 6. The molecule has 0 aliphatic carbocycles. The number of rotatable bonds is 1. The van der Waals surface area contributed by atoms with E-state index in [-0.39, 0.29) is 34.4 Å². The summed E-state index contributed by atoms with van der Waals surface area (Å²) in [5, 5.41) is 12.3. The normalized spacial score (nSPS) is 14.3.